The van der Waals surface area contributed by atoms with E-state index in [0.29, 0.717) is 21.7 Å². The molecule has 4 rings (SSSR count). The van der Waals surface area contributed by atoms with Gasteiger partial charge in [-0.25, -0.2) is 13.2 Å². The fourth-order valence-electron chi connectivity index (χ4n) is 3.39. The Morgan fingerprint density at radius 2 is 1.00 bits per heavy atom. The van der Waals surface area contributed by atoms with Crippen LogP contribution in [0.4, 0.5) is 13.2 Å². The molecule has 0 amide bonds. The van der Waals surface area contributed by atoms with E-state index in [1.807, 2.05) is 0 Å². The quantitative estimate of drug-likeness (QED) is 0.192. The zero-order valence-corrected chi connectivity index (χ0v) is 16.5. The van der Waals surface area contributed by atoms with E-state index in [2.05, 4.69) is 0 Å². The summed E-state index contributed by atoms with van der Waals surface area (Å²) < 4.78 is 41.1. The van der Waals surface area contributed by atoms with Crippen molar-refractivity contribution in [3.05, 3.63) is 131 Å². The maximum atomic E-state index is 13.7. The molecule has 6 heteroatoms. The highest BCUT2D eigenvalue weighted by molar-refractivity contribution is 8.00. The minimum absolute atomic E-state index is 0.396. The summed E-state index contributed by atoms with van der Waals surface area (Å²) in [7, 11) is 0. The first-order valence-electron chi connectivity index (χ1n) is 9.16. The van der Waals surface area contributed by atoms with E-state index in [9.17, 15) is 18.4 Å². The molecule has 0 fully saturated rings. The second kappa shape index (κ2) is 8.24. The summed E-state index contributed by atoms with van der Waals surface area (Å²) in [6.07, 6.45) is 1.49. The van der Waals surface area contributed by atoms with Crippen LogP contribution in [0.2, 0.25) is 0 Å². The van der Waals surface area contributed by atoms with E-state index in [1.54, 1.807) is 54.6 Å². The second-order valence-electron chi connectivity index (χ2n) is 6.69. The average molecular weight is 424 g/mol. The SMILES string of the molecule is O[n+]1ccccc1SC(c1ccc(F)cc1)(c1ccc(F)cc1)c1ccc(F)cc1. The number of aromatic nitrogens is 1. The Hall–Kier alpha value is -3.25. The number of halogens is 3. The molecule has 0 aliphatic carbocycles. The van der Waals surface area contributed by atoms with Gasteiger partial charge in [-0.15, -0.1) is 0 Å². The van der Waals surface area contributed by atoms with Gasteiger partial charge in [-0.2, -0.15) is 0 Å². The van der Waals surface area contributed by atoms with Gasteiger partial charge in [-0.3, -0.25) is 5.21 Å². The van der Waals surface area contributed by atoms with Crippen LogP contribution in [0.3, 0.4) is 0 Å². The number of hydrogen-bond donors (Lipinski definition) is 1. The monoisotopic (exact) mass is 424 g/mol. The van der Waals surface area contributed by atoms with Crippen molar-refractivity contribution in [2.24, 2.45) is 0 Å². The first kappa shape index (κ1) is 20.0. The highest BCUT2D eigenvalue weighted by atomic mass is 32.2. The maximum Gasteiger partial charge on any atom is 0.292 e. The zero-order chi connectivity index (χ0) is 21.1. The average Bonchev–Trinajstić information content (AvgIpc) is 2.75. The molecule has 0 saturated carbocycles. The minimum Gasteiger partial charge on any atom is -0.284 e. The van der Waals surface area contributed by atoms with Crippen LogP contribution in [0.25, 0.3) is 0 Å². The predicted octanol–water partition coefficient (Wildman–Crippen LogP) is 5.71. The van der Waals surface area contributed by atoms with Crippen molar-refractivity contribution in [1.82, 2.24) is 0 Å². The summed E-state index contributed by atoms with van der Waals surface area (Å²) in [6.45, 7) is 0. The molecule has 2 nitrogen and oxygen atoms in total. The molecular weight excluding hydrogens is 407 g/mol. The fourth-order valence-corrected chi connectivity index (χ4v) is 4.76. The Balaban J connectivity index is 2.03. The Morgan fingerprint density at radius 1 is 0.600 bits per heavy atom. The summed E-state index contributed by atoms with van der Waals surface area (Å²) in [6, 6.07) is 23.1. The topological polar surface area (TPSA) is 24.1 Å². The van der Waals surface area contributed by atoms with Gasteiger partial charge in [0.15, 0.2) is 0 Å². The van der Waals surface area contributed by atoms with E-state index in [-0.39, 0.29) is 0 Å². The summed E-state index contributed by atoms with van der Waals surface area (Å²) in [4.78, 5) is 0. The largest absolute Gasteiger partial charge is 0.292 e. The normalized spacial score (nSPS) is 11.4. The third-order valence-electron chi connectivity index (χ3n) is 4.81. The molecule has 1 heterocycles. The molecule has 0 aliphatic heterocycles. The molecule has 1 N–H and O–H groups in total. The minimum atomic E-state index is -1.01. The first-order valence-corrected chi connectivity index (χ1v) is 9.98. The molecule has 150 valence electrons. The van der Waals surface area contributed by atoms with Crippen molar-refractivity contribution < 1.29 is 23.1 Å². The van der Waals surface area contributed by atoms with Crippen LogP contribution in [0.5, 0.6) is 0 Å². The standard InChI is InChI=1S/C24H17F3NOS/c25-20-10-4-17(5-11-20)24(18-6-12-21(26)13-7-18,19-8-14-22(27)15-9-19)30-23-3-1-2-16-28(23)29/h1-16,29H/q+1. The Labute approximate surface area is 176 Å². The lowest BCUT2D eigenvalue weighted by molar-refractivity contribution is -0.932. The Bertz CT molecular complexity index is 1040. The van der Waals surface area contributed by atoms with Gasteiger partial charge in [0.2, 0.25) is 6.20 Å². The number of benzene rings is 3. The lowest BCUT2D eigenvalue weighted by Gasteiger charge is -2.33. The molecule has 1 aromatic heterocycles. The van der Waals surface area contributed by atoms with Crippen LogP contribution < -0.4 is 4.73 Å². The third kappa shape index (κ3) is 3.78. The molecule has 0 atom stereocenters. The van der Waals surface area contributed by atoms with Crippen molar-refractivity contribution in [3.8, 4) is 0 Å². The molecule has 0 radical (unpaired) electrons. The molecule has 0 spiro atoms. The molecule has 4 aromatic rings. The smallest absolute Gasteiger partial charge is 0.284 e. The van der Waals surface area contributed by atoms with Gasteiger partial charge in [0, 0.05) is 16.9 Å². The number of pyridine rings is 1. The van der Waals surface area contributed by atoms with Crippen molar-refractivity contribution in [2.75, 3.05) is 0 Å². The molecule has 0 unspecified atom stereocenters. The third-order valence-corrected chi connectivity index (χ3v) is 6.36. The Kier molecular flexibility index (Phi) is 5.50. The summed E-state index contributed by atoms with van der Waals surface area (Å²) in [5.74, 6) is -1.19. The second-order valence-corrected chi connectivity index (χ2v) is 7.92. The number of rotatable bonds is 5. The van der Waals surface area contributed by atoms with Gasteiger partial charge < -0.3 is 0 Å². The number of hydrogen-bond acceptors (Lipinski definition) is 2. The van der Waals surface area contributed by atoms with E-state index in [0.717, 1.165) is 4.73 Å². The van der Waals surface area contributed by atoms with Crippen LogP contribution in [-0.2, 0) is 4.75 Å². The molecule has 0 aliphatic rings. The van der Waals surface area contributed by atoms with Gasteiger partial charge in [0.1, 0.15) is 22.2 Å². The van der Waals surface area contributed by atoms with Gasteiger partial charge in [-0.05, 0) is 70.9 Å². The summed E-state index contributed by atoms with van der Waals surface area (Å²) in [5, 5.41) is 10.9. The van der Waals surface area contributed by atoms with E-state index >= 15 is 0 Å². The van der Waals surface area contributed by atoms with Gasteiger partial charge in [-0.1, -0.05) is 36.4 Å². The van der Waals surface area contributed by atoms with Gasteiger partial charge in [0.25, 0.3) is 5.03 Å². The first-order chi connectivity index (χ1) is 14.5. The highest BCUT2D eigenvalue weighted by Gasteiger charge is 2.41. The van der Waals surface area contributed by atoms with Crippen molar-refractivity contribution in [3.63, 3.8) is 0 Å². The number of thioether (sulfide) groups is 1. The highest BCUT2D eigenvalue weighted by Crippen LogP contribution is 2.50. The van der Waals surface area contributed by atoms with Crippen LogP contribution in [0.15, 0.2) is 102 Å². The predicted molar refractivity (Wildman–Crippen MR) is 109 cm³/mol. The Morgan fingerprint density at radius 3 is 1.37 bits per heavy atom. The number of nitrogens with zero attached hydrogens (tertiary/aromatic N) is 1. The van der Waals surface area contributed by atoms with Crippen LogP contribution in [-0.4, -0.2) is 5.21 Å². The van der Waals surface area contributed by atoms with Crippen LogP contribution in [0.1, 0.15) is 16.7 Å². The van der Waals surface area contributed by atoms with Crippen LogP contribution in [0, 0.1) is 17.5 Å². The molecule has 0 saturated heterocycles. The zero-order valence-electron chi connectivity index (χ0n) is 15.7. The van der Waals surface area contributed by atoms with E-state index in [4.69, 9.17) is 0 Å². The summed E-state index contributed by atoms with van der Waals surface area (Å²) >= 11 is 1.29. The van der Waals surface area contributed by atoms with E-state index < -0.39 is 22.2 Å². The maximum absolute atomic E-state index is 13.7. The summed E-state index contributed by atoms with van der Waals surface area (Å²) in [5.41, 5.74) is 2.07. The van der Waals surface area contributed by atoms with Crippen molar-refractivity contribution in [1.29, 1.82) is 0 Å². The van der Waals surface area contributed by atoms with Gasteiger partial charge >= 0.3 is 0 Å². The van der Waals surface area contributed by atoms with Crippen LogP contribution >= 0.6 is 11.8 Å². The van der Waals surface area contributed by atoms with Crippen molar-refractivity contribution in [2.45, 2.75) is 9.77 Å². The molecule has 3 aromatic carbocycles. The molecular formula is C24H17F3NOS+. The lowest BCUT2D eigenvalue weighted by Crippen LogP contribution is -2.35. The molecule has 0 bridgehead atoms. The molecule has 30 heavy (non-hydrogen) atoms. The van der Waals surface area contributed by atoms with Gasteiger partial charge in [0.05, 0.1) is 0 Å². The van der Waals surface area contributed by atoms with E-state index in [1.165, 1.54) is 54.4 Å². The fraction of sp³-hybridized carbons (Fsp3) is 0.0417. The lowest BCUT2D eigenvalue weighted by atomic mass is 9.84. The van der Waals surface area contributed by atoms with Crippen molar-refractivity contribution >= 4 is 11.8 Å².